The highest BCUT2D eigenvalue weighted by molar-refractivity contribution is 6.31. The molecule has 0 radical (unpaired) electrons. The lowest BCUT2D eigenvalue weighted by atomic mass is 10.1. The maximum Gasteiger partial charge on any atom is 0.321 e. The van der Waals surface area contributed by atoms with E-state index in [2.05, 4.69) is 10.5 Å². The lowest BCUT2D eigenvalue weighted by molar-refractivity contribution is 0.200. The number of carbonyl (C=O) groups is 1. The minimum atomic E-state index is -0.195. The van der Waals surface area contributed by atoms with Crippen LogP contribution in [0.15, 0.2) is 23.4 Å². The molecule has 20 heavy (non-hydrogen) atoms. The molecule has 1 fully saturated rings. The van der Waals surface area contributed by atoms with Crippen LogP contribution in [0.1, 0.15) is 24.8 Å². The predicted molar refractivity (Wildman–Crippen MR) is 78.4 cm³/mol. The van der Waals surface area contributed by atoms with Crippen LogP contribution in [0.5, 0.6) is 0 Å². The van der Waals surface area contributed by atoms with Crippen molar-refractivity contribution in [2.75, 3.05) is 18.4 Å². The number of rotatable bonds is 2. The summed E-state index contributed by atoms with van der Waals surface area (Å²) in [4.78, 5) is 13.9. The van der Waals surface area contributed by atoms with Crippen molar-refractivity contribution in [3.63, 3.8) is 0 Å². The Morgan fingerprint density at radius 2 is 2.05 bits per heavy atom. The molecule has 1 aliphatic rings. The number of nitrogens with zero attached hydrogens (tertiary/aromatic N) is 2. The van der Waals surface area contributed by atoms with Gasteiger partial charge in [0.1, 0.15) is 0 Å². The molecule has 1 aliphatic heterocycles. The molecule has 108 valence electrons. The number of amidine groups is 1. The molecule has 0 aromatic heterocycles. The number of nitrogens with two attached hydrogens (primary N) is 1. The summed E-state index contributed by atoms with van der Waals surface area (Å²) in [5, 5.41) is 15.0. The first-order chi connectivity index (χ1) is 9.61. The van der Waals surface area contributed by atoms with Gasteiger partial charge < -0.3 is 21.2 Å². The SMILES string of the molecule is NC(=NO)c1ccc(Cl)cc1NC(=O)N1CCCCC1. The Morgan fingerprint density at radius 3 is 2.70 bits per heavy atom. The van der Waals surface area contributed by atoms with Crippen LogP contribution in [0.2, 0.25) is 5.02 Å². The predicted octanol–water partition coefficient (Wildman–Crippen LogP) is 2.45. The van der Waals surface area contributed by atoms with Gasteiger partial charge in [0.25, 0.3) is 0 Å². The van der Waals surface area contributed by atoms with Gasteiger partial charge in [0.05, 0.1) is 5.69 Å². The van der Waals surface area contributed by atoms with E-state index < -0.39 is 0 Å². The third-order valence-corrected chi connectivity index (χ3v) is 3.49. The number of anilines is 1. The van der Waals surface area contributed by atoms with Crippen molar-refractivity contribution in [1.29, 1.82) is 0 Å². The van der Waals surface area contributed by atoms with Gasteiger partial charge in [0.15, 0.2) is 5.84 Å². The van der Waals surface area contributed by atoms with E-state index in [-0.39, 0.29) is 11.9 Å². The van der Waals surface area contributed by atoms with Gasteiger partial charge in [-0.3, -0.25) is 0 Å². The van der Waals surface area contributed by atoms with Crippen molar-refractivity contribution in [2.24, 2.45) is 10.9 Å². The molecule has 4 N–H and O–H groups in total. The Balaban J connectivity index is 2.19. The Morgan fingerprint density at radius 1 is 1.35 bits per heavy atom. The third kappa shape index (κ3) is 3.33. The number of hydrogen-bond donors (Lipinski definition) is 3. The molecule has 0 bridgehead atoms. The molecular formula is C13H17ClN4O2. The van der Waals surface area contributed by atoms with Crippen LogP contribution in [0.25, 0.3) is 0 Å². The molecule has 2 amide bonds. The summed E-state index contributed by atoms with van der Waals surface area (Å²) in [5.41, 5.74) is 6.46. The Hall–Kier alpha value is -1.95. The Bertz CT molecular complexity index is 527. The Labute approximate surface area is 122 Å². The first kappa shape index (κ1) is 14.5. The minimum Gasteiger partial charge on any atom is -0.409 e. The standard InChI is InChI=1S/C13H17ClN4O2/c14-9-4-5-10(12(15)17-20)11(8-9)16-13(19)18-6-2-1-3-7-18/h4-5,8,20H,1-3,6-7H2,(H2,15,17)(H,16,19). The quantitative estimate of drug-likeness (QED) is 0.339. The summed E-state index contributed by atoms with van der Waals surface area (Å²) in [6, 6.07) is 4.60. The smallest absolute Gasteiger partial charge is 0.321 e. The van der Waals surface area contributed by atoms with E-state index in [4.69, 9.17) is 22.5 Å². The highest BCUT2D eigenvalue weighted by Gasteiger charge is 2.18. The van der Waals surface area contributed by atoms with Crippen LogP contribution in [0.4, 0.5) is 10.5 Å². The second-order valence-corrected chi connectivity index (χ2v) is 5.09. The lowest BCUT2D eigenvalue weighted by Crippen LogP contribution is -2.39. The zero-order valence-corrected chi connectivity index (χ0v) is 11.7. The third-order valence-electron chi connectivity index (χ3n) is 3.25. The van der Waals surface area contributed by atoms with E-state index in [9.17, 15) is 4.79 Å². The number of oxime groups is 1. The van der Waals surface area contributed by atoms with Crippen LogP contribution in [-0.4, -0.2) is 35.1 Å². The van der Waals surface area contributed by atoms with Gasteiger partial charge in [0.2, 0.25) is 0 Å². The number of benzene rings is 1. The van der Waals surface area contributed by atoms with E-state index >= 15 is 0 Å². The van der Waals surface area contributed by atoms with Gasteiger partial charge in [-0.05, 0) is 37.5 Å². The van der Waals surface area contributed by atoms with Crippen molar-refractivity contribution < 1.29 is 10.0 Å². The number of piperidine rings is 1. The maximum absolute atomic E-state index is 12.2. The number of amides is 2. The first-order valence-corrected chi connectivity index (χ1v) is 6.83. The van der Waals surface area contributed by atoms with Crippen LogP contribution >= 0.6 is 11.6 Å². The number of halogens is 1. The van der Waals surface area contributed by atoms with Gasteiger partial charge in [0, 0.05) is 23.7 Å². The van der Waals surface area contributed by atoms with Crippen molar-refractivity contribution in [1.82, 2.24) is 4.90 Å². The van der Waals surface area contributed by atoms with E-state index in [0.29, 0.717) is 16.3 Å². The fourth-order valence-electron chi connectivity index (χ4n) is 2.19. The molecule has 1 aromatic rings. The molecule has 2 rings (SSSR count). The van der Waals surface area contributed by atoms with Gasteiger partial charge >= 0.3 is 6.03 Å². The monoisotopic (exact) mass is 296 g/mol. The van der Waals surface area contributed by atoms with Gasteiger partial charge in [-0.25, -0.2) is 4.79 Å². The fourth-order valence-corrected chi connectivity index (χ4v) is 2.36. The molecule has 6 nitrogen and oxygen atoms in total. The summed E-state index contributed by atoms with van der Waals surface area (Å²) >= 11 is 5.93. The highest BCUT2D eigenvalue weighted by atomic mass is 35.5. The van der Waals surface area contributed by atoms with Crippen molar-refractivity contribution in [3.05, 3.63) is 28.8 Å². The summed E-state index contributed by atoms with van der Waals surface area (Å²) in [6.07, 6.45) is 3.17. The molecule has 1 saturated heterocycles. The number of hydrogen-bond acceptors (Lipinski definition) is 3. The van der Waals surface area contributed by atoms with Crippen LogP contribution in [0.3, 0.4) is 0 Å². The van der Waals surface area contributed by atoms with E-state index in [0.717, 1.165) is 32.4 Å². The van der Waals surface area contributed by atoms with Crippen molar-refractivity contribution in [3.8, 4) is 0 Å². The molecule has 0 spiro atoms. The molecule has 0 aliphatic carbocycles. The second-order valence-electron chi connectivity index (χ2n) is 4.65. The molecule has 7 heteroatoms. The summed E-state index contributed by atoms with van der Waals surface area (Å²) in [5.74, 6) is -0.0735. The van der Waals surface area contributed by atoms with Gasteiger partial charge in [-0.15, -0.1) is 0 Å². The molecular weight excluding hydrogens is 280 g/mol. The molecule has 1 aromatic carbocycles. The van der Waals surface area contributed by atoms with Crippen molar-refractivity contribution >= 4 is 29.2 Å². The number of urea groups is 1. The average Bonchev–Trinajstić information content (AvgIpc) is 2.47. The summed E-state index contributed by atoms with van der Waals surface area (Å²) in [6.45, 7) is 1.48. The first-order valence-electron chi connectivity index (χ1n) is 6.45. The van der Waals surface area contributed by atoms with E-state index in [1.807, 2.05) is 0 Å². The molecule has 0 unspecified atom stereocenters. The summed E-state index contributed by atoms with van der Waals surface area (Å²) in [7, 11) is 0. The van der Waals surface area contributed by atoms with Gasteiger partial charge in [-0.2, -0.15) is 0 Å². The largest absolute Gasteiger partial charge is 0.409 e. The normalized spacial score (nSPS) is 16.1. The maximum atomic E-state index is 12.2. The Kier molecular flexibility index (Phi) is 4.68. The second kappa shape index (κ2) is 6.47. The fraction of sp³-hybridized carbons (Fsp3) is 0.385. The number of nitrogens with one attached hydrogen (secondary N) is 1. The summed E-state index contributed by atoms with van der Waals surface area (Å²) < 4.78 is 0. The number of carbonyl (C=O) groups excluding carboxylic acids is 1. The lowest BCUT2D eigenvalue weighted by Gasteiger charge is -2.27. The average molecular weight is 297 g/mol. The highest BCUT2D eigenvalue weighted by Crippen LogP contribution is 2.22. The zero-order chi connectivity index (χ0) is 14.5. The zero-order valence-electron chi connectivity index (χ0n) is 11.0. The molecule has 0 atom stereocenters. The van der Waals surface area contributed by atoms with Crippen molar-refractivity contribution in [2.45, 2.75) is 19.3 Å². The molecule has 1 heterocycles. The van der Waals surface area contributed by atoms with E-state index in [1.165, 1.54) is 0 Å². The number of likely N-dealkylation sites (tertiary alicyclic amines) is 1. The van der Waals surface area contributed by atoms with E-state index in [1.54, 1.807) is 23.1 Å². The van der Waals surface area contributed by atoms with Crippen LogP contribution < -0.4 is 11.1 Å². The van der Waals surface area contributed by atoms with Crippen LogP contribution in [0, 0.1) is 0 Å². The van der Waals surface area contributed by atoms with Crippen LogP contribution in [-0.2, 0) is 0 Å². The topological polar surface area (TPSA) is 91.0 Å². The minimum absolute atomic E-state index is 0.0735. The van der Waals surface area contributed by atoms with Gasteiger partial charge in [-0.1, -0.05) is 16.8 Å². The molecule has 0 saturated carbocycles.